The SMILES string of the molecule is O=C(CCC1CCOC1)NC(Cc1cc(Cl)cc(Cl)c1)C(=O)O. The molecular formula is C16H19Cl2NO4. The monoisotopic (exact) mass is 359 g/mol. The van der Waals surface area contributed by atoms with E-state index in [-0.39, 0.29) is 12.3 Å². The van der Waals surface area contributed by atoms with Gasteiger partial charge in [-0.3, -0.25) is 4.79 Å². The molecule has 2 unspecified atom stereocenters. The number of carboxylic acids is 1. The van der Waals surface area contributed by atoms with Crippen molar-refractivity contribution >= 4 is 35.1 Å². The van der Waals surface area contributed by atoms with E-state index >= 15 is 0 Å². The van der Waals surface area contributed by atoms with E-state index in [4.69, 9.17) is 27.9 Å². The number of benzene rings is 1. The van der Waals surface area contributed by atoms with Gasteiger partial charge in [-0.05, 0) is 42.5 Å². The summed E-state index contributed by atoms with van der Waals surface area (Å²) in [5.41, 5.74) is 0.666. The lowest BCUT2D eigenvalue weighted by atomic mass is 10.0. The number of hydrogen-bond acceptors (Lipinski definition) is 3. The molecule has 0 aromatic heterocycles. The molecule has 1 aliphatic heterocycles. The number of nitrogens with one attached hydrogen (secondary N) is 1. The Kier molecular flexibility index (Phi) is 6.69. The second-order valence-electron chi connectivity index (χ2n) is 5.71. The molecule has 1 saturated heterocycles. The number of amides is 1. The number of carbonyl (C=O) groups excluding carboxylic acids is 1. The van der Waals surface area contributed by atoms with Crippen molar-refractivity contribution in [1.29, 1.82) is 0 Å². The van der Waals surface area contributed by atoms with Crippen LogP contribution in [0.5, 0.6) is 0 Å². The molecule has 0 radical (unpaired) electrons. The predicted octanol–water partition coefficient (Wildman–Crippen LogP) is 2.92. The van der Waals surface area contributed by atoms with Crippen LogP contribution in [0.4, 0.5) is 0 Å². The molecule has 1 aliphatic rings. The first-order valence-electron chi connectivity index (χ1n) is 7.49. The van der Waals surface area contributed by atoms with Gasteiger partial charge in [0.2, 0.25) is 5.91 Å². The van der Waals surface area contributed by atoms with Gasteiger partial charge in [0.05, 0.1) is 0 Å². The van der Waals surface area contributed by atoms with E-state index in [2.05, 4.69) is 5.32 Å². The van der Waals surface area contributed by atoms with Gasteiger partial charge in [0.15, 0.2) is 0 Å². The van der Waals surface area contributed by atoms with Gasteiger partial charge < -0.3 is 15.2 Å². The molecule has 2 rings (SSSR count). The number of halogens is 2. The maximum atomic E-state index is 12.0. The smallest absolute Gasteiger partial charge is 0.326 e. The number of aliphatic carboxylic acids is 1. The van der Waals surface area contributed by atoms with Crippen LogP contribution in [0.1, 0.15) is 24.8 Å². The molecule has 5 nitrogen and oxygen atoms in total. The molecule has 1 heterocycles. The first kappa shape index (κ1) is 18.0. The number of carboxylic acid groups (broad SMARTS) is 1. The van der Waals surface area contributed by atoms with E-state index in [0.717, 1.165) is 13.0 Å². The van der Waals surface area contributed by atoms with E-state index in [1.165, 1.54) is 0 Å². The van der Waals surface area contributed by atoms with Crippen molar-refractivity contribution in [3.05, 3.63) is 33.8 Å². The summed E-state index contributed by atoms with van der Waals surface area (Å²) in [7, 11) is 0. The summed E-state index contributed by atoms with van der Waals surface area (Å²) in [5, 5.41) is 12.7. The maximum Gasteiger partial charge on any atom is 0.326 e. The van der Waals surface area contributed by atoms with Gasteiger partial charge in [-0.2, -0.15) is 0 Å². The van der Waals surface area contributed by atoms with Gasteiger partial charge in [-0.15, -0.1) is 0 Å². The zero-order chi connectivity index (χ0) is 16.8. The second kappa shape index (κ2) is 8.52. The zero-order valence-electron chi connectivity index (χ0n) is 12.6. The Morgan fingerprint density at radius 1 is 1.30 bits per heavy atom. The minimum Gasteiger partial charge on any atom is -0.480 e. The molecule has 23 heavy (non-hydrogen) atoms. The van der Waals surface area contributed by atoms with Gasteiger partial charge in [0, 0.05) is 36.1 Å². The third kappa shape index (κ3) is 6.01. The molecule has 0 spiro atoms. The lowest BCUT2D eigenvalue weighted by Crippen LogP contribution is -2.42. The first-order chi connectivity index (χ1) is 10.9. The van der Waals surface area contributed by atoms with Crippen molar-refractivity contribution in [3.8, 4) is 0 Å². The molecule has 7 heteroatoms. The standard InChI is InChI=1S/C16H19Cl2NO4/c17-12-5-11(6-13(18)8-12)7-14(16(21)22)19-15(20)2-1-10-3-4-23-9-10/h5-6,8,10,14H,1-4,7,9H2,(H,19,20)(H,21,22). The Morgan fingerprint density at radius 3 is 2.57 bits per heavy atom. The number of ether oxygens (including phenoxy) is 1. The minimum atomic E-state index is -1.08. The summed E-state index contributed by atoms with van der Waals surface area (Å²) in [6.45, 7) is 1.41. The molecule has 1 amide bonds. The highest BCUT2D eigenvalue weighted by Crippen LogP contribution is 2.20. The Hall–Kier alpha value is -1.30. The summed E-state index contributed by atoms with van der Waals surface area (Å²) in [5.74, 6) is -0.966. The van der Waals surface area contributed by atoms with Crippen LogP contribution in [0.25, 0.3) is 0 Å². The first-order valence-corrected chi connectivity index (χ1v) is 8.24. The summed E-state index contributed by atoms with van der Waals surface area (Å²) in [4.78, 5) is 23.3. The largest absolute Gasteiger partial charge is 0.480 e. The predicted molar refractivity (Wildman–Crippen MR) is 87.9 cm³/mol. The molecule has 1 aromatic rings. The Morgan fingerprint density at radius 2 is 2.00 bits per heavy atom. The van der Waals surface area contributed by atoms with Crippen LogP contribution in [-0.4, -0.2) is 36.2 Å². The molecule has 2 N–H and O–H groups in total. The van der Waals surface area contributed by atoms with Crippen LogP contribution in [0.3, 0.4) is 0 Å². The van der Waals surface area contributed by atoms with Crippen LogP contribution < -0.4 is 5.32 Å². The van der Waals surface area contributed by atoms with E-state index < -0.39 is 12.0 Å². The summed E-state index contributed by atoms with van der Waals surface area (Å²) >= 11 is 11.8. The molecule has 1 fully saturated rings. The Bertz CT molecular complexity index is 553. The number of rotatable bonds is 7. The van der Waals surface area contributed by atoms with Crippen LogP contribution >= 0.6 is 23.2 Å². The quantitative estimate of drug-likeness (QED) is 0.784. The molecular weight excluding hydrogens is 341 g/mol. The summed E-state index contributed by atoms with van der Waals surface area (Å²) in [6, 6.07) is 3.86. The average molecular weight is 360 g/mol. The van der Waals surface area contributed by atoms with Crippen LogP contribution in [0, 0.1) is 5.92 Å². The van der Waals surface area contributed by atoms with Gasteiger partial charge >= 0.3 is 5.97 Å². The van der Waals surface area contributed by atoms with Gasteiger partial charge in [-0.1, -0.05) is 23.2 Å². The van der Waals surface area contributed by atoms with Crippen molar-refractivity contribution < 1.29 is 19.4 Å². The fourth-order valence-electron chi connectivity index (χ4n) is 2.58. The van der Waals surface area contributed by atoms with Crippen molar-refractivity contribution in [2.45, 2.75) is 31.7 Å². The average Bonchev–Trinajstić information content (AvgIpc) is 2.96. The Labute approximate surface area is 144 Å². The van der Waals surface area contributed by atoms with Crippen LogP contribution in [-0.2, 0) is 20.7 Å². The van der Waals surface area contributed by atoms with E-state index in [9.17, 15) is 14.7 Å². The normalized spacial score (nSPS) is 18.6. The number of carbonyl (C=O) groups is 2. The van der Waals surface area contributed by atoms with Crippen LogP contribution in [0.15, 0.2) is 18.2 Å². The Balaban J connectivity index is 1.89. The minimum absolute atomic E-state index is 0.133. The van der Waals surface area contributed by atoms with E-state index in [1.54, 1.807) is 18.2 Å². The molecule has 1 aromatic carbocycles. The van der Waals surface area contributed by atoms with E-state index in [0.29, 0.717) is 41.0 Å². The van der Waals surface area contributed by atoms with Crippen molar-refractivity contribution in [2.24, 2.45) is 5.92 Å². The van der Waals surface area contributed by atoms with Crippen molar-refractivity contribution in [3.63, 3.8) is 0 Å². The van der Waals surface area contributed by atoms with Crippen molar-refractivity contribution in [2.75, 3.05) is 13.2 Å². The lowest BCUT2D eigenvalue weighted by molar-refractivity contribution is -0.141. The summed E-state index contributed by atoms with van der Waals surface area (Å²) < 4.78 is 5.26. The van der Waals surface area contributed by atoms with Gasteiger partial charge in [0.25, 0.3) is 0 Å². The van der Waals surface area contributed by atoms with Gasteiger partial charge in [0.1, 0.15) is 6.04 Å². The molecule has 126 valence electrons. The third-order valence-corrected chi connectivity index (χ3v) is 4.24. The fraction of sp³-hybridized carbons (Fsp3) is 0.500. The molecule has 0 aliphatic carbocycles. The fourth-order valence-corrected chi connectivity index (χ4v) is 3.15. The molecule has 0 bridgehead atoms. The molecule has 0 saturated carbocycles. The third-order valence-electron chi connectivity index (χ3n) is 3.80. The number of hydrogen-bond donors (Lipinski definition) is 2. The molecule has 2 atom stereocenters. The maximum absolute atomic E-state index is 12.0. The zero-order valence-corrected chi connectivity index (χ0v) is 14.1. The lowest BCUT2D eigenvalue weighted by Gasteiger charge is -2.16. The highest BCUT2D eigenvalue weighted by Gasteiger charge is 2.22. The topological polar surface area (TPSA) is 75.6 Å². The highest BCUT2D eigenvalue weighted by molar-refractivity contribution is 6.34. The van der Waals surface area contributed by atoms with Crippen molar-refractivity contribution in [1.82, 2.24) is 5.32 Å². The second-order valence-corrected chi connectivity index (χ2v) is 6.58. The summed E-state index contributed by atoms with van der Waals surface area (Å²) in [6.07, 6.45) is 2.10. The van der Waals surface area contributed by atoms with E-state index in [1.807, 2.05) is 0 Å². The van der Waals surface area contributed by atoms with Gasteiger partial charge in [-0.25, -0.2) is 4.79 Å². The van der Waals surface area contributed by atoms with Crippen LogP contribution in [0.2, 0.25) is 10.0 Å². The highest BCUT2D eigenvalue weighted by atomic mass is 35.5.